The molecular formula is C14H21O3Si. The van der Waals surface area contributed by atoms with Gasteiger partial charge in [0.25, 0.3) is 8.32 Å². The first-order valence-corrected chi connectivity index (χ1v) is 8.86. The van der Waals surface area contributed by atoms with E-state index in [2.05, 4.69) is 39.9 Å². The summed E-state index contributed by atoms with van der Waals surface area (Å²) in [5, 5.41) is 0.0863. The summed E-state index contributed by atoms with van der Waals surface area (Å²) in [6.07, 6.45) is 0.762. The van der Waals surface area contributed by atoms with Crippen LogP contribution in [0, 0.1) is 6.07 Å². The molecule has 0 aliphatic rings. The Morgan fingerprint density at radius 1 is 1.28 bits per heavy atom. The molecule has 0 saturated heterocycles. The van der Waals surface area contributed by atoms with Crippen molar-refractivity contribution in [2.45, 2.75) is 38.9 Å². The molecule has 18 heavy (non-hydrogen) atoms. The van der Waals surface area contributed by atoms with Crippen molar-refractivity contribution in [1.29, 1.82) is 0 Å². The van der Waals surface area contributed by atoms with Gasteiger partial charge in [0.05, 0.1) is 7.11 Å². The molecule has 1 aromatic carbocycles. The molecule has 0 spiro atoms. The van der Waals surface area contributed by atoms with E-state index < -0.39 is 8.32 Å². The van der Waals surface area contributed by atoms with Crippen LogP contribution in [0.2, 0.25) is 18.1 Å². The monoisotopic (exact) mass is 265 g/mol. The van der Waals surface area contributed by atoms with Crippen LogP contribution in [-0.4, -0.2) is 21.7 Å². The second-order valence-corrected chi connectivity index (χ2v) is 10.5. The van der Waals surface area contributed by atoms with Gasteiger partial charge in [0.1, 0.15) is 0 Å². The smallest absolute Gasteiger partial charge is 0.250 e. The van der Waals surface area contributed by atoms with Crippen LogP contribution in [-0.2, 0) is 0 Å². The average molecular weight is 265 g/mol. The van der Waals surface area contributed by atoms with Gasteiger partial charge in [-0.1, -0.05) is 20.8 Å². The van der Waals surface area contributed by atoms with Gasteiger partial charge in [-0.25, -0.2) is 0 Å². The lowest BCUT2D eigenvalue weighted by molar-refractivity contribution is 0.112. The van der Waals surface area contributed by atoms with Crippen LogP contribution >= 0.6 is 0 Å². The molecule has 0 amide bonds. The van der Waals surface area contributed by atoms with E-state index in [0.717, 1.165) is 6.29 Å². The summed E-state index contributed by atoms with van der Waals surface area (Å²) in [4.78, 5) is 10.8. The molecule has 0 fully saturated rings. The van der Waals surface area contributed by atoms with Crippen molar-refractivity contribution in [2.24, 2.45) is 0 Å². The number of rotatable bonds is 4. The van der Waals surface area contributed by atoms with Crippen LogP contribution in [0.5, 0.6) is 11.5 Å². The summed E-state index contributed by atoms with van der Waals surface area (Å²) >= 11 is 0. The number of benzene rings is 1. The molecule has 1 aromatic rings. The lowest BCUT2D eigenvalue weighted by Crippen LogP contribution is -2.44. The van der Waals surface area contributed by atoms with Crippen LogP contribution in [0.15, 0.2) is 12.1 Å². The van der Waals surface area contributed by atoms with E-state index in [4.69, 9.17) is 9.16 Å². The van der Waals surface area contributed by atoms with Gasteiger partial charge in [-0.15, -0.1) is 0 Å². The van der Waals surface area contributed by atoms with Crippen molar-refractivity contribution in [1.82, 2.24) is 0 Å². The predicted molar refractivity (Wildman–Crippen MR) is 75.0 cm³/mol. The summed E-state index contributed by atoms with van der Waals surface area (Å²) in [7, 11) is -0.371. The molecule has 0 aromatic heterocycles. The molecule has 0 N–H and O–H groups in total. The van der Waals surface area contributed by atoms with Crippen LogP contribution in [0.25, 0.3) is 0 Å². The minimum atomic E-state index is -1.96. The fourth-order valence-electron chi connectivity index (χ4n) is 1.19. The number of hydrogen-bond acceptors (Lipinski definition) is 3. The SMILES string of the molecule is COc1ccc(C=O)[c]c1O[Si](C)(C)C(C)(C)C. The van der Waals surface area contributed by atoms with Crippen molar-refractivity contribution in [3.63, 3.8) is 0 Å². The first-order valence-electron chi connectivity index (χ1n) is 5.96. The van der Waals surface area contributed by atoms with Gasteiger partial charge >= 0.3 is 0 Å². The number of carbonyl (C=O) groups is 1. The molecule has 99 valence electrons. The number of ether oxygens (including phenoxy) is 1. The van der Waals surface area contributed by atoms with Crippen LogP contribution in [0.3, 0.4) is 0 Å². The zero-order valence-electron chi connectivity index (χ0n) is 12.0. The summed E-state index contributed by atoms with van der Waals surface area (Å²) in [6.45, 7) is 10.8. The Labute approximate surface area is 110 Å². The Hall–Kier alpha value is -1.29. The summed E-state index contributed by atoms with van der Waals surface area (Å²) < 4.78 is 11.4. The van der Waals surface area contributed by atoms with Gasteiger partial charge in [0.2, 0.25) is 0 Å². The third kappa shape index (κ3) is 3.13. The Morgan fingerprint density at radius 2 is 1.89 bits per heavy atom. The minimum Gasteiger partial charge on any atom is -0.541 e. The molecule has 4 heteroatoms. The molecule has 1 radical (unpaired) electrons. The topological polar surface area (TPSA) is 35.5 Å². The fraction of sp³-hybridized carbons (Fsp3) is 0.500. The Morgan fingerprint density at radius 3 is 2.33 bits per heavy atom. The van der Waals surface area contributed by atoms with E-state index in [1.54, 1.807) is 19.2 Å². The lowest BCUT2D eigenvalue weighted by atomic mass is 10.2. The quantitative estimate of drug-likeness (QED) is 0.615. The van der Waals surface area contributed by atoms with Gasteiger partial charge in [-0.2, -0.15) is 0 Å². The van der Waals surface area contributed by atoms with Gasteiger partial charge in [0, 0.05) is 11.6 Å². The molecule has 0 aliphatic heterocycles. The fourth-order valence-corrected chi connectivity index (χ4v) is 2.16. The molecule has 0 saturated carbocycles. The van der Waals surface area contributed by atoms with Crippen molar-refractivity contribution >= 4 is 14.6 Å². The molecule has 0 atom stereocenters. The second-order valence-electron chi connectivity index (χ2n) is 5.79. The maximum atomic E-state index is 10.8. The van der Waals surface area contributed by atoms with E-state index in [1.807, 2.05) is 0 Å². The molecule has 0 aliphatic carbocycles. The number of hydrogen-bond donors (Lipinski definition) is 0. The largest absolute Gasteiger partial charge is 0.541 e. The molecule has 0 heterocycles. The predicted octanol–water partition coefficient (Wildman–Crippen LogP) is 3.69. The highest BCUT2D eigenvalue weighted by Crippen LogP contribution is 2.39. The van der Waals surface area contributed by atoms with E-state index in [9.17, 15) is 4.79 Å². The highest BCUT2D eigenvalue weighted by molar-refractivity contribution is 6.74. The lowest BCUT2D eigenvalue weighted by Gasteiger charge is -2.36. The van der Waals surface area contributed by atoms with E-state index in [0.29, 0.717) is 17.1 Å². The zero-order valence-corrected chi connectivity index (χ0v) is 13.0. The van der Waals surface area contributed by atoms with E-state index >= 15 is 0 Å². The minimum absolute atomic E-state index is 0.0863. The van der Waals surface area contributed by atoms with Crippen molar-refractivity contribution in [3.8, 4) is 11.5 Å². The summed E-state index contributed by atoms with van der Waals surface area (Å²) in [5.74, 6) is 1.15. The molecule has 0 bridgehead atoms. The average Bonchev–Trinajstić information content (AvgIpc) is 2.26. The first kappa shape index (κ1) is 14.8. The highest BCUT2D eigenvalue weighted by atomic mass is 28.4. The molecule has 0 unspecified atom stereocenters. The second kappa shape index (κ2) is 5.14. The van der Waals surface area contributed by atoms with E-state index in [-0.39, 0.29) is 5.04 Å². The standard InChI is InChI=1S/C14H21O3Si/c1-14(2,3)18(5,6)17-13-9-11(10-15)7-8-12(13)16-4/h7-8,10H,1-6H3. The van der Waals surface area contributed by atoms with Gasteiger partial charge in [-0.3, -0.25) is 4.79 Å². The highest BCUT2D eigenvalue weighted by Gasteiger charge is 2.39. The number of aldehydes is 1. The maximum Gasteiger partial charge on any atom is 0.250 e. The van der Waals surface area contributed by atoms with Crippen LogP contribution < -0.4 is 9.16 Å². The Bertz CT molecular complexity index is 433. The molecule has 3 nitrogen and oxygen atoms in total. The normalized spacial score (nSPS) is 12.1. The van der Waals surface area contributed by atoms with E-state index in [1.165, 1.54) is 0 Å². The molecule has 1 rings (SSSR count). The molecular weight excluding hydrogens is 244 g/mol. The van der Waals surface area contributed by atoms with Crippen molar-refractivity contribution in [2.75, 3.05) is 7.11 Å². The van der Waals surface area contributed by atoms with Gasteiger partial charge in [0.15, 0.2) is 17.8 Å². The van der Waals surface area contributed by atoms with Gasteiger partial charge in [-0.05, 0) is 30.3 Å². The Kier molecular flexibility index (Phi) is 4.22. The Balaban J connectivity index is 3.13. The summed E-state index contributed by atoms with van der Waals surface area (Å²) in [5.41, 5.74) is 0.476. The third-order valence-corrected chi connectivity index (χ3v) is 7.73. The zero-order chi connectivity index (χ0) is 14.0. The number of methoxy groups -OCH3 is 1. The van der Waals surface area contributed by atoms with Crippen molar-refractivity contribution < 1.29 is 14.0 Å². The van der Waals surface area contributed by atoms with Crippen molar-refractivity contribution in [3.05, 3.63) is 23.8 Å². The van der Waals surface area contributed by atoms with Crippen LogP contribution in [0.1, 0.15) is 31.1 Å². The summed E-state index contributed by atoms with van der Waals surface area (Å²) in [6, 6.07) is 6.37. The van der Waals surface area contributed by atoms with Crippen LogP contribution in [0.4, 0.5) is 0 Å². The van der Waals surface area contributed by atoms with Gasteiger partial charge < -0.3 is 9.16 Å². The third-order valence-electron chi connectivity index (χ3n) is 3.41. The maximum absolute atomic E-state index is 10.8. The first-order chi connectivity index (χ1) is 8.21. The number of carbonyl (C=O) groups excluding carboxylic acids is 1.